The third-order valence-electron chi connectivity index (χ3n) is 0.631. The van der Waals surface area contributed by atoms with Crippen molar-refractivity contribution in [1.82, 2.24) is 0 Å². The van der Waals surface area contributed by atoms with E-state index < -0.39 is 11.9 Å². The highest BCUT2D eigenvalue weighted by molar-refractivity contribution is 14.1. The molecule has 0 fully saturated rings. The molecule has 0 radical (unpaired) electrons. The van der Waals surface area contributed by atoms with E-state index in [1.165, 1.54) is 13.8 Å². The zero-order valence-corrected chi connectivity index (χ0v) is 8.75. The van der Waals surface area contributed by atoms with E-state index in [1.807, 2.05) is 0 Å². The summed E-state index contributed by atoms with van der Waals surface area (Å²) >= 11 is 1.74. The molecule has 0 aliphatic carbocycles. The Kier molecular flexibility index (Phi) is 5.40. The lowest BCUT2D eigenvalue weighted by Crippen LogP contribution is -1.93. The van der Waals surface area contributed by atoms with Crippen molar-refractivity contribution in [3.63, 3.8) is 0 Å². The summed E-state index contributed by atoms with van der Waals surface area (Å²) in [4.78, 5) is 20.6. The molecule has 12 heavy (non-hydrogen) atoms. The summed E-state index contributed by atoms with van der Waals surface area (Å²) in [5.41, 5.74) is 2.44. The number of carbonyl (C=O) groups is 2. The predicted octanol–water partition coefficient (Wildman–Crippen LogP) is 1.50. The van der Waals surface area contributed by atoms with Gasteiger partial charge in [0.05, 0.1) is 0 Å². The Morgan fingerprint density at radius 2 is 1.92 bits per heavy atom. The molecular formula is C7H7IO4. The van der Waals surface area contributed by atoms with Crippen LogP contribution in [0.2, 0.25) is 0 Å². The van der Waals surface area contributed by atoms with Crippen LogP contribution in [0.5, 0.6) is 0 Å². The minimum atomic E-state index is -0.450. The third-order valence-corrected chi connectivity index (χ3v) is 1.16. The molecule has 66 valence electrons. The molecular weight excluding hydrogens is 275 g/mol. The van der Waals surface area contributed by atoms with Gasteiger partial charge in [-0.05, 0) is 5.73 Å². The topological polar surface area (TPSA) is 52.6 Å². The summed E-state index contributed by atoms with van der Waals surface area (Å²) in [5, 5.41) is 0. The second-order valence-corrected chi connectivity index (χ2v) is 2.72. The number of esters is 2. The lowest BCUT2D eigenvalue weighted by atomic mass is 10.8. The van der Waals surface area contributed by atoms with Gasteiger partial charge in [-0.1, -0.05) is 0 Å². The molecule has 0 rings (SSSR count). The van der Waals surface area contributed by atoms with Crippen molar-refractivity contribution in [3.8, 4) is 0 Å². The Labute approximate surface area is 83.4 Å². The molecule has 0 unspecified atom stereocenters. The summed E-state index contributed by atoms with van der Waals surface area (Å²) in [6.07, 6.45) is 1.03. The fourth-order valence-electron chi connectivity index (χ4n) is 0.314. The van der Waals surface area contributed by atoms with Gasteiger partial charge in [0.15, 0.2) is 0 Å². The number of carbonyl (C=O) groups excluding carboxylic acids is 2. The molecule has 0 bridgehead atoms. The molecule has 0 spiro atoms. The second kappa shape index (κ2) is 5.79. The van der Waals surface area contributed by atoms with E-state index in [0.29, 0.717) is 0 Å². The number of hydrogen-bond donors (Lipinski definition) is 0. The van der Waals surface area contributed by atoms with Crippen molar-refractivity contribution in [2.45, 2.75) is 13.8 Å². The molecule has 0 aromatic heterocycles. The maximum Gasteiger partial charge on any atom is 0.309 e. The van der Waals surface area contributed by atoms with Gasteiger partial charge in [-0.3, -0.25) is 9.59 Å². The Bertz CT molecular complexity index is 250. The molecule has 4 nitrogen and oxygen atoms in total. The fourth-order valence-corrected chi connectivity index (χ4v) is 0.752. The van der Waals surface area contributed by atoms with Crippen molar-refractivity contribution < 1.29 is 19.1 Å². The van der Waals surface area contributed by atoms with Gasteiger partial charge in [-0.25, -0.2) is 0 Å². The highest BCUT2D eigenvalue weighted by Crippen LogP contribution is 2.05. The first-order valence-electron chi connectivity index (χ1n) is 2.98. The normalized spacial score (nSPS) is 7.92. The summed E-state index contributed by atoms with van der Waals surface area (Å²) in [5.74, 6) is -0.891. The molecule has 0 amide bonds. The number of ether oxygens (including phenoxy) is 2. The van der Waals surface area contributed by atoms with Crippen LogP contribution in [0.25, 0.3) is 0 Å². The first-order valence-corrected chi connectivity index (χ1v) is 4.06. The molecule has 5 heteroatoms. The van der Waals surface area contributed by atoms with Crippen LogP contribution in [0, 0.1) is 0 Å². The summed E-state index contributed by atoms with van der Waals surface area (Å²) in [6.45, 7) is 2.53. The molecule has 0 saturated heterocycles. The van der Waals surface area contributed by atoms with E-state index in [1.54, 1.807) is 22.6 Å². The zero-order valence-electron chi connectivity index (χ0n) is 6.59. The van der Waals surface area contributed by atoms with Crippen molar-refractivity contribution in [1.29, 1.82) is 0 Å². The van der Waals surface area contributed by atoms with Crippen LogP contribution in [0.3, 0.4) is 0 Å². The maximum absolute atomic E-state index is 10.3. The largest absolute Gasteiger partial charge is 0.426 e. The second-order valence-electron chi connectivity index (χ2n) is 1.74. The summed E-state index contributed by atoms with van der Waals surface area (Å²) in [7, 11) is 0. The number of halogens is 1. The highest BCUT2D eigenvalue weighted by Gasteiger charge is 1.93. The van der Waals surface area contributed by atoms with Crippen LogP contribution in [-0.4, -0.2) is 11.9 Å². The van der Waals surface area contributed by atoms with Gasteiger partial charge in [0.25, 0.3) is 0 Å². The standard InChI is InChI=1S/C7H7IO4/c1-5(9)11-4-3-7(8)12-6(2)10/h4H,1-2H3. The number of rotatable bonds is 2. The minimum absolute atomic E-state index is 0.223. The van der Waals surface area contributed by atoms with Gasteiger partial charge in [-0.15, -0.1) is 0 Å². The molecule has 0 N–H and O–H groups in total. The third kappa shape index (κ3) is 7.30. The molecule has 0 aromatic carbocycles. The first kappa shape index (κ1) is 11.2. The monoisotopic (exact) mass is 282 g/mol. The van der Waals surface area contributed by atoms with Crippen molar-refractivity contribution in [3.05, 3.63) is 15.8 Å². The molecule has 0 aliphatic heterocycles. The van der Waals surface area contributed by atoms with Crippen LogP contribution < -0.4 is 0 Å². The molecule has 0 heterocycles. The molecule has 0 saturated carbocycles. The Hall–Kier alpha value is -0.810. The summed E-state index contributed by atoms with van der Waals surface area (Å²) < 4.78 is 9.19. The Morgan fingerprint density at radius 3 is 2.33 bits per heavy atom. The summed E-state index contributed by atoms with van der Waals surface area (Å²) in [6, 6.07) is 0. The SMILES string of the molecule is CC(=O)OC=C=C(I)OC(C)=O. The van der Waals surface area contributed by atoms with E-state index >= 15 is 0 Å². The van der Waals surface area contributed by atoms with Crippen LogP contribution in [-0.2, 0) is 19.1 Å². The smallest absolute Gasteiger partial charge is 0.309 e. The van der Waals surface area contributed by atoms with Crippen molar-refractivity contribution in [2.24, 2.45) is 0 Å². The Morgan fingerprint density at radius 1 is 1.33 bits per heavy atom. The molecule has 0 aromatic rings. The predicted molar refractivity (Wildman–Crippen MR) is 49.1 cm³/mol. The Balaban J connectivity index is 4.05. The maximum atomic E-state index is 10.3. The quantitative estimate of drug-likeness (QED) is 0.333. The van der Waals surface area contributed by atoms with Crippen LogP contribution in [0.15, 0.2) is 15.8 Å². The molecule has 0 aliphatic rings. The van der Waals surface area contributed by atoms with Crippen LogP contribution in [0.4, 0.5) is 0 Å². The average Bonchev–Trinajstić information content (AvgIpc) is 1.84. The lowest BCUT2D eigenvalue weighted by molar-refractivity contribution is -0.136. The lowest BCUT2D eigenvalue weighted by Gasteiger charge is -1.92. The van der Waals surface area contributed by atoms with E-state index in [4.69, 9.17) is 0 Å². The van der Waals surface area contributed by atoms with E-state index in [0.717, 1.165) is 6.26 Å². The van der Waals surface area contributed by atoms with E-state index in [9.17, 15) is 9.59 Å². The van der Waals surface area contributed by atoms with Gasteiger partial charge in [0.2, 0.25) is 3.77 Å². The van der Waals surface area contributed by atoms with Gasteiger partial charge in [0, 0.05) is 36.4 Å². The zero-order chi connectivity index (χ0) is 9.56. The first-order chi connectivity index (χ1) is 5.52. The van der Waals surface area contributed by atoms with E-state index in [-0.39, 0.29) is 3.77 Å². The molecule has 0 atom stereocenters. The number of hydrogen-bond acceptors (Lipinski definition) is 4. The highest BCUT2D eigenvalue weighted by atomic mass is 127. The van der Waals surface area contributed by atoms with E-state index in [2.05, 4.69) is 15.2 Å². The average molecular weight is 282 g/mol. The van der Waals surface area contributed by atoms with Gasteiger partial charge in [-0.2, -0.15) is 0 Å². The van der Waals surface area contributed by atoms with Crippen molar-refractivity contribution in [2.75, 3.05) is 0 Å². The van der Waals surface area contributed by atoms with Gasteiger partial charge < -0.3 is 9.47 Å². The fraction of sp³-hybridized carbons (Fsp3) is 0.286. The minimum Gasteiger partial charge on any atom is -0.426 e. The van der Waals surface area contributed by atoms with Crippen LogP contribution in [0.1, 0.15) is 13.8 Å². The van der Waals surface area contributed by atoms with Crippen molar-refractivity contribution >= 4 is 34.5 Å². The van der Waals surface area contributed by atoms with Gasteiger partial charge >= 0.3 is 11.9 Å². The van der Waals surface area contributed by atoms with Gasteiger partial charge in [0.1, 0.15) is 6.26 Å². The van der Waals surface area contributed by atoms with Crippen LogP contribution >= 0.6 is 22.6 Å².